The van der Waals surface area contributed by atoms with E-state index in [4.69, 9.17) is 5.11 Å². The highest BCUT2D eigenvalue weighted by molar-refractivity contribution is 5.97. The number of carboxylic acid groups (broad SMARTS) is 1. The fourth-order valence-electron chi connectivity index (χ4n) is 2.03. The van der Waals surface area contributed by atoms with Crippen molar-refractivity contribution in [2.24, 2.45) is 0 Å². The molecule has 0 spiro atoms. The molecule has 0 aliphatic heterocycles. The summed E-state index contributed by atoms with van der Waals surface area (Å²) in [5, 5.41) is 11.7. The maximum Gasteiger partial charge on any atom is 0.320 e. The van der Waals surface area contributed by atoms with E-state index in [1.54, 1.807) is 38.2 Å². The van der Waals surface area contributed by atoms with E-state index in [0.717, 1.165) is 0 Å². The number of ketones is 1. The van der Waals surface area contributed by atoms with Gasteiger partial charge in [0.05, 0.1) is 6.54 Å². The van der Waals surface area contributed by atoms with Crippen LogP contribution in [-0.4, -0.2) is 47.3 Å². The van der Waals surface area contributed by atoms with Crippen molar-refractivity contribution in [1.29, 1.82) is 0 Å². The predicted octanol–water partition coefficient (Wildman–Crippen LogP) is 1.62. The van der Waals surface area contributed by atoms with Crippen molar-refractivity contribution < 1.29 is 19.5 Å². The summed E-state index contributed by atoms with van der Waals surface area (Å²) in [7, 11) is 1.59. The molecule has 1 rings (SSSR count). The number of likely N-dealkylation sites (N-methyl/N-ethyl adjacent to an activating group) is 1. The highest BCUT2D eigenvalue weighted by atomic mass is 16.4. The normalized spacial score (nSPS) is 12.0. The Balaban J connectivity index is 2.67. The summed E-state index contributed by atoms with van der Waals surface area (Å²) in [5.41, 5.74) is 1.03. The van der Waals surface area contributed by atoms with Crippen LogP contribution in [0.4, 0.5) is 5.69 Å². The fourth-order valence-corrected chi connectivity index (χ4v) is 2.03. The number of nitrogens with one attached hydrogen (secondary N) is 1. The molecule has 1 aromatic carbocycles. The summed E-state index contributed by atoms with van der Waals surface area (Å²) in [5.74, 6) is -1.36. The van der Waals surface area contributed by atoms with Gasteiger partial charge < -0.3 is 10.4 Å². The topological polar surface area (TPSA) is 86.7 Å². The zero-order valence-electron chi connectivity index (χ0n) is 12.4. The van der Waals surface area contributed by atoms with Crippen molar-refractivity contribution in [1.82, 2.24) is 4.90 Å². The first kappa shape index (κ1) is 16.8. The third-order valence-electron chi connectivity index (χ3n) is 3.15. The SMILES string of the molecule is CCC(C(=O)O)N(C)CC(=O)Nc1cccc(C(C)=O)c1. The van der Waals surface area contributed by atoms with Gasteiger partial charge in [-0.1, -0.05) is 19.1 Å². The highest BCUT2D eigenvalue weighted by Crippen LogP contribution is 2.11. The van der Waals surface area contributed by atoms with E-state index >= 15 is 0 Å². The molecule has 2 N–H and O–H groups in total. The van der Waals surface area contributed by atoms with Gasteiger partial charge in [0.1, 0.15) is 6.04 Å². The maximum absolute atomic E-state index is 11.9. The van der Waals surface area contributed by atoms with Gasteiger partial charge in [0.25, 0.3) is 0 Å². The number of carboxylic acids is 1. The Morgan fingerprint density at radius 3 is 2.52 bits per heavy atom. The molecule has 1 aromatic rings. The van der Waals surface area contributed by atoms with Crippen molar-refractivity contribution in [3.8, 4) is 0 Å². The van der Waals surface area contributed by atoms with E-state index in [2.05, 4.69) is 5.32 Å². The van der Waals surface area contributed by atoms with Gasteiger partial charge in [-0.05, 0) is 32.5 Å². The van der Waals surface area contributed by atoms with Crippen LogP contribution in [-0.2, 0) is 9.59 Å². The van der Waals surface area contributed by atoms with Crippen molar-refractivity contribution >= 4 is 23.3 Å². The van der Waals surface area contributed by atoms with Gasteiger partial charge in [0, 0.05) is 11.3 Å². The number of nitrogens with zero attached hydrogens (tertiary/aromatic N) is 1. The van der Waals surface area contributed by atoms with Crippen LogP contribution in [0.5, 0.6) is 0 Å². The van der Waals surface area contributed by atoms with E-state index in [0.29, 0.717) is 17.7 Å². The lowest BCUT2D eigenvalue weighted by Gasteiger charge is -2.22. The number of carbonyl (C=O) groups is 3. The minimum Gasteiger partial charge on any atom is -0.480 e. The molecule has 1 amide bonds. The molecule has 1 unspecified atom stereocenters. The van der Waals surface area contributed by atoms with Gasteiger partial charge in [0.2, 0.25) is 5.91 Å². The van der Waals surface area contributed by atoms with Crippen molar-refractivity contribution in [3.05, 3.63) is 29.8 Å². The van der Waals surface area contributed by atoms with Crippen LogP contribution in [0.3, 0.4) is 0 Å². The first-order valence-corrected chi connectivity index (χ1v) is 6.69. The van der Waals surface area contributed by atoms with Crippen molar-refractivity contribution in [2.45, 2.75) is 26.3 Å². The number of benzene rings is 1. The number of hydrogen-bond donors (Lipinski definition) is 2. The monoisotopic (exact) mass is 292 g/mol. The molecule has 0 aliphatic rings. The molecular weight excluding hydrogens is 272 g/mol. The molecule has 0 radical (unpaired) electrons. The molecule has 0 bridgehead atoms. The minimum absolute atomic E-state index is 0.0326. The molecule has 0 saturated carbocycles. The summed E-state index contributed by atoms with van der Waals surface area (Å²) >= 11 is 0. The van der Waals surface area contributed by atoms with Crippen LogP contribution >= 0.6 is 0 Å². The number of anilines is 1. The van der Waals surface area contributed by atoms with E-state index in [1.807, 2.05) is 0 Å². The van der Waals surface area contributed by atoms with Crippen LogP contribution in [0.15, 0.2) is 24.3 Å². The third-order valence-corrected chi connectivity index (χ3v) is 3.15. The smallest absolute Gasteiger partial charge is 0.320 e. The molecule has 6 nitrogen and oxygen atoms in total. The molecule has 114 valence electrons. The zero-order valence-corrected chi connectivity index (χ0v) is 12.4. The van der Waals surface area contributed by atoms with Gasteiger partial charge in [-0.2, -0.15) is 0 Å². The summed E-state index contributed by atoms with van der Waals surface area (Å²) in [4.78, 5) is 35.7. The molecule has 0 saturated heterocycles. The minimum atomic E-state index is -0.952. The summed E-state index contributed by atoms with van der Waals surface area (Å²) < 4.78 is 0. The van der Waals surface area contributed by atoms with E-state index in [-0.39, 0.29) is 18.2 Å². The Morgan fingerprint density at radius 2 is 2.00 bits per heavy atom. The summed E-state index contributed by atoms with van der Waals surface area (Å²) in [6.45, 7) is 3.17. The second kappa shape index (κ2) is 7.54. The quantitative estimate of drug-likeness (QED) is 0.746. The Kier molecular flexibility index (Phi) is 6.05. The molecular formula is C15H20N2O4. The average molecular weight is 292 g/mol. The Hall–Kier alpha value is -2.21. The lowest BCUT2D eigenvalue weighted by atomic mass is 10.1. The Labute approximate surface area is 123 Å². The average Bonchev–Trinajstić information content (AvgIpc) is 2.38. The van der Waals surface area contributed by atoms with Crippen LogP contribution in [0.1, 0.15) is 30.6 Å². The Bertz CT molecular complexity index is 542. The molecule has 0 aliphatic carbocycles. The zero-order chi connectivity index (χ0) is 16.0. The third kappa shape index (κ3) is 5.00. The predicted molar refractivity (Wildman–Crippen MR) is 79.4 cm³/mol. The standard InChI is InChI=1S/C15H20N2O4/c1-4-13(15(20)21)17(3)9-14(19)16-12-7-5-6-11(8-12)10(2)18/h5-8,13H,4,9H2,1-3H3,(H,16,19)(H,20,21). The van der Waals surface area contributed by atoms with Crippen LogP contribution in [0.25, 0.3) is 0 Å². The number of carbonyl (C=O) groups excluding carboxylic acids is 2. The fraction of sp³-hybridized carbons (Fsp3) is 0.400. The first-order chi connectivity index (χ1) is 9.85. The number of hydrogen-bond acceptors (Lipinski definition) is 4. The lowest BCUT2D eigenvalue weighted by molar-refractivity contribution is -0.143. The van der Waals surface area contributed by atoms with Crippen molar-refractivity contribution in [2.75, 3.05) is 18.9 Å². The first-order valence-electron chi connectivity index (χ1n) is 6.69. The van der Waals surface area contributed by atoms with Crippen LogP contribution in [0.2, 0.25) is 0 Å². The van der Waals surface area contributed by atoms with Gasteiger partial charge in [-0.15, -0.1) is 0 Å². The van der Waals surface area contributed by atoms with Gasteiger partial charge in [-0.3, -0.25) is 19.3 Å². The van der Waals surface area contributed by atoms with Gasteiger partial charge in [0.15, 0.2) is 5.78 Å². The van der Waals surface area contributed by atoms with Crippen molar-refractivity contribution in [3.63, 3.8) is 0 Å². The number of amides is 1. The molecule has 1 atom stereocenters. The van der Waals surface area contributed by atoms with E-state index in [1.165, 1.54) is 11.8 Å². The van der Waals surface area contributed by atoms with Gasteiger partial charge >= 0.3 is 5.97 Å². The van der Waals surface area contributed by atoms with Gasteiger partial charge in [-0.25, -0.2) is 0 Å². The molecule has 0 fully saturated rings. The lowest BCUT2D eigenvalue weighted by Crippen LogP contribution is -2.42. The number of aliphatic carboxylic acids is 1. The molecule has 21 heavy (non-hydrogen) atoms. The summed E-state index contributed by atoms with van der Waals surface area (Å²) in [6, 6.07) is 5.93. The Morgan fingerprint density at radius 1 is 1.33 bits per heavy atom. The van der Waals surface area contributed by atoms with E-state index < -0.39 is 12.0 Å². The summed E-state index contributed by atoms with van der Waals surface area (Å²) in [6.07, 6.45) is 0.416. The molecule has 0 heterocycles. The van der Waals surface area contributed by atoms with E-state index in [9.17, 15) is 14.4 Å². The largest absolute Gasteiger partial charge is 0.480 e. The number of Topliss-reactive ketones (excluding diaryl/α,β-unsaturated/α-hetero) is 1. The molecule has 0 aromatic heterocycles. The maximum atomic E-state index is 11.9. The van der Waals surface area contributed by atoms with Crippen LogP contribution in [0, 0.1) is 0 Å². The number of rotatable bonds is 7. The highest BCUT2D eigenvalue weighted by Gasteiger charge is 2.22. The second-order valence-electron chi connectivity index (χ2n) is 4.86. The molecule has 6 heteroatoms. The second-order valence-corrected chi connectivity index (χ2v) is 4.86. The van der Waals surface area contributed by atoms with Crippen LogP contribution < -0.4 is 5.32 Å².